The Morgan fingerprint density at radius 1 is 0.867 bits per heavy atom. The van der Waals surface area contributed by atoms with E-state index in [9.17, 15) is 14.7 Å². The minimum Gasteiger partial charge on any atom is -0.508 e. The fourth-order valence-electron chi connectivity index (χ4n) is 4.64. The molecule has 7 N–H and O–H groups in total. The second-order valence-electron chi connectivity index (χ2n) is 10.7. The summed E-state index contributed by atoms with van der Waals surface area (Å²) >= 11 is 0. The Balaban J connectivity index is 0.000000200. The smallest absolute Gasteiger partial charge is 0.407 e. The van der Waals surface area contributed by atoms with E-state index in [0.717, 1.165) is 28.7 Å². The van der Waals surface area contributed by atoms with Gasteiger partial charge in [-0.1, -0.05) is 66.7 Å². The van der Waals surface area contributed by atoms with Crippen LogP contribution in [0.2, 0.25) is 0 Å². The van der Waals surface area contributed by atoms with Crippen LogP contribution in [0.4, 0.5) is 16.2 Å². The van der Waals surface area contributed by atoms with Gasteiger partial charge >= 0.3 is 6.09 Å². The van der Waals surface area contributed by atoms with Gasteiger partial charge in [0, 0.05) is 42.0 Å². The summed E-state index contributed by atoms with van der Waals surface area (Å²) in [6.45, 7) is 0.445. The van der Waals surface area contributed by atoms with E-state index in [0.29, 0.717) is 41.2 Å². The Morgan fingerprint density at radius 3 is 2.29 bits per heavy atom. The van der Waals surface area contributed by atoms with Crippen molar-refractivity contribution in [1.29, 1.82) is 0 Å². The van der Waals surface area contributed by atoms with Crippen LogP contribution in [-0.4, -0.2) is 28.1 Å². The summed E-state index contributed by atoms with van der Waals surface area (Å²) in [5.74, 6) is 0.595. The molecule has 4 aromatic carbocycles. The lowest BCUT2D eigenvalue weighted by Gasteiger charge is -2.09. The van der Waals surface area contributed by atoms with Crippen molar-refractivity contribution in [2.45, 2.75) is 31.5 Å². The molecule has 1 saturated carbocycles. The Hall–Kier alpha value is -5.67. The number of phenolic OH excluding ortho intramolecular Hbond substituents is 1. The second kappa shape index (κ2) is 14.7. The predicted molar refractivity (Wildman–Crippen MR) is 175 cm³/mol. The summed E-state index contributed by atoms with van der Waals surface area (Å²) < 4.78 is 5.12. The number of ether oxygens (including phenoxy) is 1. The van der Waals surface area contributed by atoms with E-state index >= 15 is 0 Å². The average Bonchev–Trinajstić information content (AvgIpc) is 3.81. The highest BCUT2D eigenvalue weighted by molar-refractivity contribution is 6.05. The number of carbonyl (C=O) groups is 2. The number of anilines is 2. The minimum absolute atomic E-state index is 0.154. The monoisotopic (exact) mass is 601 g/mol. The molecule has 1 aromatic heterocycles. The molecule has 228 valence electrons. The van der Waals surface area contributed by atoms with Crippen molar-refractivity contribution in [2.75, 3.05) is 11.1 Å². The first-order valence-electron chi connectivity index (χ1n) is 14.5. The molecule has 2 unspecified atom stereocenters. The van der Waals surface area contributed by atoms with Crippen LogP contribution in [0.15, 0.2) is 122 Å². The molecule has 1 aliphatic rings. The van der Waals surface area contributed by atoms with Gasteiger partial charge in [0.05, 0.1) is 11.4 Å². The molecule has 0 bridgehead atoms. The molecule has 9 heteroatoms. The van der Waals surface area contributed by atoms with Gasteiger partial charge in [-0.2, -0.15) is 0 Å². The SMILES string of the molecule is NC1CC1c1ccc(-c2cccc(O)c2)cc1.Nc1ccccc1NC(=O)c1ccc(CNC(=O)OCc2cccnc2)cc1. The lowest BCUT2D eigenvalue weighted by molar-refractivity contribution is 0.102. The first-order chi connectivity index (χ1) is 21.9. The van der Waals surface area contributed by atoms with Gasteiger partial charge in [0.1, 0.15) is 12.4 Å². The molecule has 2 atom stereocenters. The fraction of sp³-hybridized carbons (Fsp3) is 0.139. The summed E-state index contributed by atoms with van der Waals surface area (Å²) in [6, 6.07) is 33.7. The maximum Gasteiger partial charge on any atom is 0.407 e. The Kier molecular flexibility index (Phi) is 10.0. The highest BCUT2D eigenvalue weighted by Crippen LogP contribution is 2.39. The van der Waals surface area contributed by atoms with Gasteiger partial charge in [-0.25, -0.2) is 4.79 Å². The lowest BCUT2D eigenvalue weighted by atomic mass is 10.0. The topological polar surface area (TPSA) is 153 Å². The van der Waals surface area contributed by atoms with Crippen LogP contribution in [0.5, 0.6) is 5.75 Å². The number of phenols is 1. The molecule has 1 fully saturated rings. The van der Waals surface area contributed by atoms with Gasteiger partial charge in [-0.05, 0) is 71.1 Å². The van der Waals surface area contributed by atoms with Crippen LogP contribution in [0.3, 0.4) is 0 Å². The number of nitrogen functional groups attached to an aromatic ring is 1. The Labute approximate surface area is 261 Å². The molecule has 0 aliphatic heterocycles. The van der Waals surface area contributed by atoms with E-state index in [1.54, 1.807) is 79.1 Å². The molecule has 1 aliphatic carbocycles. The lowest BCUT2D eigenvalue weighted by Crippen LogP contribution is -2.23. The van der Waals surface area contributed by atoms with Gasteiger partial charge in [0.25, 0.3) is 5.91 Å². The van der Waals surface area contributed by atoms with Crippen molar-refractivity contribution in [1.82, 2.24) is 10.3 Å². The number of carbonyl (C=O) groups excluding carboxylic acids is 2. The molecular formula is C36H35N5O4. The number of amides is 2. The van der Waals surface area contributed by atoms with E-state index in [1.165, 1.54) is 5.56 Å². The third-order valence-corrected chi connectivity index (χ3v) is 7.31. The predicted octanol–water partition coefficient (Wildman–Crippen LogP) is 6.22. The number of pyridine rings is 1. The van der Waals surface area contributed by atoms with Gasteiger partial charge in [-0.3, -0.25) is 9.78 Å². The third kappa shape index (κ3) is 8.92. The highest BCUT2D eigenvalue weighted by atomic mass is 16.5. The zero-order chi connectivity index (χ0) is 31.6. The molecule has 0 saturated heterocycles. The van der Waals surface area contributed by atoms with E-state index in [4.69, 9.17) is 16.2 Å². The zero-order valence-corrected chi connectivity index (χ0v) is 24.6. The van der Waals surface area contributed by atoms with Crippen LogP contribution in [0, 0.1) is 0 Å². The van der Waals surface area contributed by atoms with E-state index < -0.39 is 6.09 Å². The van der Waals surface area contributed by atoms with Gasteiger partial charge in [0.2, 0.25) is 0 Å². The van der Waals surface area contributed by atoms with Crippen molar-refractivity contribution in [3.05, 3.63) is 144 Å². The quantitative estimate of drug-likeness (QED) is 0.132. The second-order valence-corrected chi connectivity index (χ2v) is 10.7. The largest absolute Gasteiger partial charge is 0.508 e. The number of aromatic nitrogens is 1. The molecule has 9 nitrogen and oxygen atoms in total. The van der Waals surface area contributed by atoms with Crippen LogP contribution in [-0.2, 0) is 17.9 Å². The van der Waals surface area contributed by atoms with Crippen molar-refractivity contribution >= 4 is 23.4 Å². The minimum atomic E-state index is -0.523. The molecule has 45 heavy (non-hydrogen) atoms. The summed E-state index contributed by atoms with van der Waals surface area (Å²) in [4.78, 5) is 28.0. The molecule has 1 heterocycles. The third-order valence-electron chi connectivity index (χ3n) is 7.31. The Bertz CT molecular complexity index is 1730. The number of alkyl carbamates (subject to hydrolysis) is 1. The summed E-state index contributed by atoms with van der Waals surface area (Å²) in [7, 11) is 0. The van der Waals surface area contributed by atoms with Gasteiger partial charge < -0.3 is 31.9 Å². The van der Waals surface area contributed by atoms with Crippen molar-refractivity contribution < 1.29 is 19.4 Å². The highest BCUT2D eigenvalue weighted by Gasteiger charge is 2.34. The molecule has 0 spiro atoms. The van der Waals surface area contributed by atoms with E-state index in [1.807, 2.05) is 18.2 Å². The molecular weight excluding hydrogens is 566 g/mol. The standard InChI is InChI=1S/C21H20N4O3.C15H15NO/c22-18-5-1-2-6-19(18)25-20(26)17-9-7-15(8-10-17)13-24-21(27)28-14-16-4-3-11-23-12-16;16-15-9-14(15)11-6-4-10(5-7-11)12-2-1-3-13(17)8-12/h1-12H,13-14,22H2,(H,24,27)(H,25,26);1-8,14-15,17H,9,16H2. The number of nitrogens with zero attached hydrogens (tertiary/aromatic N) is 1. The number of nitrogens with two attached hydrogens (primary N) is 2. The first-order valence-corrected chi connectivity index (χ1v) is 14.5. The molecule has 6 rings (SSSR count). The molecule has 5 aromatic rings. The molecule has 0 radical (unpaired) electrons. The van der Waals surface area contributed by atoms with E-state index in [-0.39, 0.29) is 12.5 Å². The van der Waals surface area contributed by atoms with Crippen molar-refractivity contribution in [2.24, 2.45) is 5.73 Å². The van der Waals surface area contributed by atoms with E-state index in [2.05, 4.69) is 39.9 Å². The summed E-state index contributed by atoms with van der Waals surface area (Å²) in [5, 5.41) is 14.9. The van der Waals surface area contributed by atoms with Crippen LogP contribution in [0.1, 0.15) is 39.4 Å². The normalized spacial score (nSPS) is 14.8. The zero-order valence-electron chi connectivity index (χ0n) is 24.6. The fourth-order valence-corrected chi connectivity index (χ4v) is 4.64. The Morgan fingerprint density at radius 2 is 1.62 bits per heavy atom. The van der Waals surface area contributed by atoms with Crippen LogP contribution in [0.25, 0.3) is 11.1 Å². The van der Waals surface area contributed by atoms with Crippen LogP contribution < -0.4 is 22.1 Å². The number of para-hydroxylation sites is 2. The molecule has 2 amide bonds. The average molecular weight is 602 g/mol. The van der Waals surface area contributed by atoms with Crippen LogP contribution >= 0.6 is 0 Å². The summed E-state index contributed by atoms with van der Waals surface area (Å²) in [6.07, 6.45) is 3.87. The van der Waals surface area contributed by atoms with Crippen molar-refractivity contribution in [3.63, 3.8) is 0 Å². The first kappa shape index (κ1) is 30.8. The van der Waals surface area contributed by atoms with Crippen molar-refractivity contribution in [3.8, 4) is 16.9 Å². The number of nitrogens with one attached hydrogen (secondary N) is 2. The number of hydrogen-bond donors (Lipinski definition) is 5. The summed E-state index contributed by atoms with van der Waals surface area (Å²) in [5.41, 5.74) is 18.4. The van der Waals surface area contributed by atoms with Gasteiger partial charge in [-0.15, -0.1) is 0 Å². The number of hydrogen-bond acceptors (Lipinski definition) is 7. The number of aromatic hydroxyl groups is 1. The van der Waals surface area contributed by atoms with Gasteiger partial charge in [0.15, 0.2) is 0 Å². The number of rotatable bonds is 8. The maximum absolute atomic E-state index is 12.3. The number of benzene rings is 4. The maximum atomic E-state index is 12.3.